The van der Waals surface area contributed by atoms with Crippen molar-refractivity contribution < 1.29 is 9.47 Å². The Morgan fingerprint density at radius 1 is 0.317 bits per heavy atom. The molecule has 4 aliphatic heterocycles. The summed E-state index contributed by atoms with van der Waals surface area (Å²) >= 11 is 0. The second-order valence-electron chi connectivity index (χ2n) is 16.7. The van der Waals surface area contributed by atoms with Crippen LogP contribution in [0.25, 0.3) is 77.2 Å². The molecule has 0 bridgehead atoms. The Hall–Kier alpha value is -7.69. The van der Waals surface area contributed by atoms with Crippen LogP contribution in [0.4, 0.5) is 0 Å². The summed E-state index contributed by atoms with van der Waals surface area (Å²) in [5.41, 5.74) is 19.2. The maximum Gasteiger partial charge on any atom is 0.256 e. The van der Waals surface area contributed by atoms with Crippen LogP contribution in [0.1, 0.15) is 0 Å². The molecule has 6 heteroatoms. The molecular weight excluding hydrogens is 730 g/mol. The minimum atomic E-state index is -0.0402. The summed E-state index contributed by atoms with van der Waals surface area (Å²) in [6.45, 7) is -0.0805. The van der Waals surface area contributed by atoms with Crippen molar-refractivity contribution in [2.45, 2.75) is 0 Å². The van der Waals surface area contributed by atoms with Gasteiger partial charge >= 0.3 is 0 Å². The quantitative estimate of drug-likeness (QED) is 0.165. The molecule has 2 aromatic heterocycles. The number of para-hydroxylation sites is 4. The zero-order valence-electron chi connectivity index (χ0n) is 32.2. The number of aromatic nitrogens is 2. The summed E-state index contributed by atoms with van der Waals surface area (Å²) in [5, 5.41) is 5.07. The molecule has 274 valence electrons. The average Bonchev–Trinajstić information content (AvgIpc) is 3.83. The van der Waals surface area contributed by atoms with Crippen LogP contribution in [0.5, 0.6) is 23.0 Å². The maximum atomic E-state index is 7.20. The van der Waals surface area contributed by atoms with Crippen molar-refractivity contribution in [2.24, 2.45) is 0 Å². The topological polar surface area (TPSA) is 28.3 Å². The van der Waals surface area contributed by atoms with Gasteiger partial charge in [-0.1, -0.05) is 140 Å². The van der Waals surface area contributed by atoms with Gasteiger partial charge in [0.2, 0.25) is 0 Å². The Morgan fingerprint density at radius 2 is 0.750 bits per heavy atom. The molecule has 6 heterocycles. The van der Waals surface area contributed by atoms with Crippen molar-refractivity contribution in [3.05, 3.63) is 182 Å². The predicted octanol–water partition coefficient (Wildman–Crippen LogP) is 9.09. The zero-order chi connectivity index (χ0) is 38.8. The number of hydrogen-bond acceptors (Lipinski definition) is 2. The fourth-order valence-electron chi connectivity index (χ4n) is 11.4. The molecule has 4 aliphatic rings. The highest BCUT2D eigenvalue weighted by molar-refractivity contribution is 7.02. The highest BCUT2D eigenvalue weighted by Gasteiger charge is 2.45. The van der Waals surface area contributed by atoms with Crippen LogP contribution in [0.3, 0.4) is 0 Å². The lowest BCUT2D eigenvalue weighted by atomic mass is 9.31. The average molecular weight is 760 g/mol. The second-order valence-corrected chi connectivity index (χ2v) is 16.7. The molecule has 15 rings (SSSR count). The first-order valence-electron chi connectivity index (χ1n) is 20.8. The van der Waals surface area contributed by atoms with Gasteiger partial charge < -0.3 is 18.6 Å². The van der Waals surface area contributed by atoms with Crippen LogP contribution < -0.4 is 42.3 Å². The number of fused-ring (bicyclic) bond motifs is 14. The summed E-state index contributed by atoms with van der Waals surface area (Å²) in [6, 6.07) is 66.6. The summed E-state index contributed by atoms with van der Waals surface area (Å²) < 4.78 is 19.4. The normalized spacial score (nSPS) is 13.5. The van der Waals surface area contributed by atoms with E-state index in [9.17, 15) is 0 Å². The SMILES string of the molecule is c1ccc(-c2cc3c4c(c2)-n2c5ccccc5c5cccc(c52)B4c2cc4c(cc2O3)Oc2cc(-c3ccccc3)cc3c2B4c2cccc4c5ccccc5n-3c24)cc1. The van der Waals surface area contributed by atoms with E-state index in [1.54, 1.807) is 0 Å². The Morgan fingerprint density at radius 3 is 1.23 bits per heavy atom. The van der Waals surface area contributed by atoms with Crippen LogP contribution in [0.15, 0.2) is 182 Å². The number of rotatable bonds is 2. The van der Waals surface area contributed by atoms with E-state index < -0.39 is 0 Å². The van der Waals surface area contributed by atoms with Crippen LogP contribution in [-0.4, -0.2) is 22.6 Å². The number of ether oxygens (including phenoxy) is 2. The van der Waals surface area contributed by atoms with Crippen LogP contribution in [-0.2, 0) is 0 Å². The van der Waals surface area contributed by atoms with E-state index in [1.165, 1.54) is 87.8 Å². The number of hydrogen-bond donors (Lipinski definition) is 0. The van der Waals surface area contributed by atoms with Crippen molar-refractivity contribution >= 4 is 89.8 Å². The standard InChI is InChI=1S/C54H30B2N2O2/c1-3-13-31(14-4-1)33-25-45-51-49(27-33)59-47-30-48-42(29-41(47)55(51)39-21-11-19-37-35-17-7-9-23-43(35)57(45)53(37)39)56-40-22-12-20-38-36-18-8-10-24-44(36)58(54(38)40)46-26-34(28-50(60-48)52(46)56)32-15-5-2-6-16-32/h1-30H. The third-order valence-corrected chi connectivity index (χ3v) is 13.8. The van der Waals surface area contributed by atoms with Crippen molar-refractivity contribution in [1.29, 1.82) is 0 Å². The van der Waals surface area contributed by atoms with Crippen molar-refractivity contribution in [2.75, 3.05) is 0 Å². The van der Waals surface area contributed by atoms with Gasteiger partial charge in [0.05, 0.1) is 11.0 Å². The lowest BCUT2D eigenvalue weighted by molar-refractivity contribution is 0.465. The summed E-state index contributed by atoms with van der Waals surface area (Å²) in [7, 11) is 0. The van der Waals surface area contributed by atoms with Gasteiger partial charge in [-0.25, -0.2) is 0 Å². The molecule has 0 N–H and O–H groups in total. The van der Waals surface area contributed by atoms with E-state index in [1.807, 2.05) is 0 Å². The van der Waals surface area contributed by atoms with E-state index in [0.29, 0.717) is 0 Å². The first-order valence-corrected chi connectivity index (χ1v) is 20.8. The molecule has 0 radical (unpaired) electrons. The molecule has 0 fully saturated rings. The van der Waals surface area contributed by atoms with Gasteiger partial charge in [0.15, 0.2) is 0 Å². The Bertz CT molecular complexity index is 3490. The molecule has 0 aliphatic carbocycles. The van der Waals surface area contributed by atoms with E-state index in [-0.39, 0.29) is 13.4 Å². The Labute approximate surface area is 345 Å². The maximum absolute atomic E-state index is 7.20. The largest absolute Gasteiger partial charge is 0.458 e. The number of nitrogens with zero attached hydrogens (tertiary/aromatic N) is 2. The van der Waals surface area contributed by atoms with Crippen LogP contribution in [0.2, 0.25) is 0 Å². The van der Waals surface area contributed by atoms with Gasteiger partial charge in [0.1, 0.15) is 23.0 Å². The minimum absolute atomic E-state index is 0.0402. The van der Waals surface area contributed by atoms with Gasteiger partial charge in [-0.05, 0) is 91.4 Å². The highest BCUT2D eigenvalue weighted by atomic mass is 16.5. The monoisotopic (exact) mass is 760 g/mol. The molecule has 11 aromatic rings. The van der Waals surface area contributed by atoms with E-state index >= 15 is 0 Å². The van der Waals surface area contributed by atoms with E-state index in [4.69, 9.17) is 9.47 Å². The highest BCUT2D eigenvalue weighted by Crippen LogP contribution is 2.43. The Balaban J connectivity index is 1.03. The van der Waals surface area contributed by atoms with Gasteiger partial charge in [0.25, 0.3) is 13.4 Å². The second kappa shape index (κ2) is 11.1. The van der Waals surface area contributed by atoms with Crippen LogP contribution >= 0.6 is 0 Å². The molecule has 4 nitrogen and oxygen atoms in total. The fourth-order valence-corrected chi connectivity index (χ4v) is 11.4. The molecule has 0 amide bonds. The smallest absolute Gasteiger partial charge is 0.256 e. The predicted molar refractivity (Wildman–Crippen MR) is 248 cm³/mol. The fraction of sp³-hybridized carbons (Fsp3) is 0. The first-order chi connectivity index (χ1) is 29.8. The molecule has 0 atom stereocenters. The van der Waals surface area contributed by atoms with Crippen molar-refractivity contribution in [1.82, 2.24) is 9.13 Å². The van der Waals surface area contributed by atoms with Crippen molar-refractivity contribution in [3.63, 3.8) is 0 Å². The van der Waals surface area contributed by atoms with Gasteiger partial charge in [-0.2, -0.15) is 0 Å². The molecule has 9 aromatic carbocycles. The summed E-state index contributed by atoms with van der Waals surface area (Å²) in [4.78, 5) is 0. The van der Waals surface area contributed by atoms with Crippen molar-refractivity contribution in [3.8, 4) is 56.6 Å². The van der Waals surface area contributed by atoms with E-state index in [0.717, 1.165) is 45.3 Å². The molecule has 60 heavy (non-hydrogen) atoms. The molecule has 0 unspecified atom stereocenters. The first kappa shape index (κ1) is 31.3. The lowest BCUT2D eigenvalue weighted by Crippen LogP contribution is -2.62. The molecule has 0 spiro atoms. The molecular formula is C54H30B2N2O2. The van der Waals surface area contributed by atoms with Gasteiger partial charge in [-0.3, -0.25) is 0 Å². The molecule has 0 saturated heterocycles. The minimum Gasteiger partial charge on any atom is -0.458 e. The van der Waals surface area contributed by atoms with Gasteiger partial charge in [-0.15, -0.1) is 0 Å². The third-order valence-electron chi connectivity index (χ3n) is 13.8. The van der Waals surface area contributed by atoms with E-state index in [2.05, 4.69) is 191 Å². The van der Waals surface area contributed by atoms with Gasteiger partial charge in [0, 0.05) is 50.0 Å². The Kier molecular flexibility index (Phi) is 5.78. The lowest BCUT2D eigenvalue weighted by Gasteiger charge is -2.37. The number of benzene rings is 9. The third kappa shape index (κ3) is 3.85. The summed E-state index contributed by atoms with van der Waals surface area (Å²) in [6.07, 6.45) is 0. The molecule has 0 saturated carbocycles. The van der Waals surface area contributed by atoms with Crippen LogP contribution in [0, 0.1) is 0 Å². The summed E-state index contributed by atoms with van der Waals surface area (Å²) in [5.74, 6) is 3.46. The zero-order valence-corrected chi connectivity index (χ0v) is 32.2.